The first-order valence-corrected chi connectivity index (χ1v) is 18.0. The molecule has 6 aromatic rings. The first-order chi connectivity index (χ1) is 27.7. The van der Waals surface area contributed by atoms with Crippen LogP contribution in [-0.4, -0.2) is 46.7 Å². The van der Waals surface area contributed by atoms with Gasteiger partial charge in [0, 0.05) is 0 Å². The normalized spacial score (nSPS) is 10.7. The molecule has 0 aliphatic rings. The standard InChI is InChI=1S/C43H37B3N2O9/c1-29-2-4-30(5-3-29)20-33-10-17-41(34(21-33)26-49)44(52)56-46(43-19-16-40(23-36(43)28-51)55-38-13-8-32(25-48)9-14-38)57-45(53)42-18-15-39(22-35(42)27-50)54-37-11-6-31(24-47)7-12-37/h2-19,21-23,49-53H,20,26-28H2,1H3. The number of aliphatic hydroxyl groups excluding tert-OH is 3. The molecule has 11 nitrogen and oxygen atoms in total. The topological polar surface area (TPSA) is 186 Å². The van der Waals surface area contributed by atoms with Crippen molar-refractivity contribution >= 4 is 37.7 Å². The van der Waals surface area contributed by atoms with Crippen molar-refractivity contribution < 1.29 is 44.0 Å². The van der Waals surface area contributed by atoms with Crippen LogP contribution in [0, 0.1) is 29.6 Å². The molecule has 0 atom stereocenters. The van der Waals surface area contributed by atoms with Gasteiger partial charge in [-0.1, -0.05) is 60.2 Å². The lowest BCUT2D eigenvalue weighted by molar-refractivity contribution is 0.280. The van der Waals surface area contributed by atoms with Gasteiger partial charge in [0.05, 0.1) is 43.1 Å². The smallest absolute Gasteiger partial charge is 0.457 e. The lowest BCUT2D eigenvalue weighted by Crippen LogP contribution is -2.53. The van der Waals surface area contributed by atoms with Gasteiger partial charge in [-0.15, -0.1) is 0 Å². The van der Waals surface area contributed by atoms with Crippen molar-refractivity contribution in [2.75, 3.05) is 0 Å². The Balaban J connectivity index is 1.29. The molecule has 0 amide bonds. The highest BCUT2D eigenvalue weighted by Gasteiger charge is 2.36. The second-order valence-electron chi connectivity index (χ2n) is 13.2. The summed E-state index contributed by atoms with van der Waals surface area (Å²) in [5, 5.41) is 72.5. The van der Waals surface area contributed by atoms with Gasteiger partial charge in [0.1, 0.15) is 23.0 Å². The summed E-state index contributed by atoms with van der Waals surface area (Å²) in [6.07, 6.45) is 0.601. The minimum absolute atomic E-state index is 0.176. The molecule has 0 aliphatic heterocycles. The Kier molecular flexibility index (Phi) is 13.6. The zero-order chi connectivity index (χ0) is 40.3. The first kappa shape index (κ1) is 40.5. The zero-order valence-electron chi connectivity index (χ0n) is 30.9. The Labute approximate surface area is 331 Å². The number of aliphatic hydroxyl groups is 3. The van der Waals surface area contributed by atoms with Gasteiger partial charge in [0.25, 0.3) is 0 Å². The van der Waals surface area contributed by atoms with E-state index in [1.54, 1.807) is 84.9 Å². The predicted molar refractivity (Wildman–Crippen MR) is 216 cm³/mol. The lowest BCUT2D eigenvalue weighted by Gasteiger charge is -2.23. The average molecular weight is 758 g/mol. The van der Waals surface area contributed by atoms with Crippen molar-refractivity contribution in [2.45, 2.75) is 33.2 Å². The number of benzene rings is 6. The summed E-state index contributed by atoms with van der Waals surface area (Å²) in [4.78, 5) is 0. The average Bonchev–Trinajstić information content (AvgIpc) is 3.24. The van der Waals surface area contributed by atoms with Crippen LogP contribution in [0.3, 0.4) is 0 Å². The molecule has 0 unspecified atom stereocenters. The number of hydrogen-bond donors (Lipinski definition) is 5. The molecule has 6 rings (SSSR count). The van der Waals surface area contributed by atoms with E-state index < -0.39 is 41.2 Å². The Bertz CT molecular complexity index is 2380. The second kappa shape index (κ2) is 19.1. The van der Waals surface area contributed by atoms with Gasteiger partial charge in [-0.25, -0.2) is 0 Å². The van der Waals surface area contributed by atoms with Crippen LogP contribution in [0.1, 0.15) is 44.5 Å². The van der Waals surface area contributed by atoms with Gasteiger partial charge in [-0.2, -0.15) is 10.5 Å². The number of nitriles is 2. The number of ether oxygens (including phenoxy) is 2. The number of hydrogen-bond acceptors (Lipinski definition) is 11. The van der Waals surface area contributed by atoms with Gasteiger partial charge in [-0.3, -0.25) is 0 Å². The minimum atomic E-state index is -1.72. The fourth-order valence-corrected chi connectivity index (χ4v) is 6.15. The van der Waals surface area contributed by atoms with Crippen LogP contribution in [-0.2, 0) is 35.4 Å². The molecule has 0 saturated heterocycles. The maximum Gasteiger partial charge on any atom is 0.478 e. The molecule has 14 heteroatoms. The molecular weight excluding hydrogens is 721 g/mol. The highest BCUT2D eigenvalue weighted by Crippen LogP contribution is 2.25. The van der Waals surface area contributed by atoms with Crippen molar-refractivity contribution in [1.29, 1.82) is 10.5 Å². The third-order valence-corrected chi connectivity index (χ3v) is 9.21. The van der Waals surface area contributed by atoms with Crippen molar-refractivity contribution in [2.24, 2.45) is 0 Å². The summed E-state index contributed by atoms with van der Waals surface area (Å²) in [6, 6.07) is 39.8. The summed E-state index contributed by atoms with van der Waals surface area (Å²) < 4.78 is 24.1. The second-order valence-corrected chi connectivity index (χ2v) is 13.2. The van der Waals surface area contributed by atoms with E-state index in [0.29, 0.717) is 46.1 Å². The van der Waals surface area contributed by atoms with E-state index in [4.69, 9.17) is 29.1 Å². The Hall–Kier alpha value is -6.19. The van der Waals surface area contributed by atoms with Gasteiger partial charge in [0.15, 0.2) is 0 Å². The van der Waals surface area contributed by atoms with E-state index in [1.165, 1.54) is 12.1 Å². The summed E-state index contributed by atoms with van der Waals surface area (Å²) in [5.41, 5.74) is 5.72. The molecule has 0 spiro atoms. The largest absolute Gasteiger partial charge is 0.478 e. The molecule has 0 saturated carbocycles. The predicted octanol–water partition coefficient (Wildman–Crippen LogP) is 3.89. The van der Waals surface area contributed by atoms with E-state index in [0.717, 1.165) is 16.7 Å². The molecule has 0 radical (unpaired) electrons. The van der Waals surface area contributed by atoms with Crippen LogP contribution < -0.4 is 25.9 Å². The molecule has 0 bridgehead atoms. The highest BCUT2D eigenvalue weighted by molar-refractivity contribution is 6.79. The van der Waals surface area contributed by atoms with Crippen LogP contribution in [0.15, 0.2) is 127 Å². The third-order valence-electron chi connectivity index (χ3n) is 9.21. The molecule has 0 heterocycles. The van der Waals surface area contributed by atoms with Crippen LogP contribution in [0.2, 0.25) is 0 Å². The van der Waals surface area contributed by atoms with Crippen molar-refractivity contribution in [3.8, 4) is 35.1 Å². The monoisotopic (exact) mass is 758 g/mol. The van der Waals surface area contributed by atoms with E-state index in [2.05, 4.69) is 6.07 Å². The maximum absolute atomic E-state index is 11.5. The van der Waals surface area contributed by atoms with Gasteiger partial charge >= 0.3 is 21.4 Å². The first-order valence-electron chi connectivity index (χ1n) is 18.0. The maximum atomic E-state index is 11.5. The van der Waals surface area contributed by atoms with E-state index in [9.17, 15) is 25.4 Å². The minimum Gasteiger partial charge on any atom is -0.457 e. The van der Waals surface area contributed by atoms with Crippen molar-refractivity contribution in [1.82, 2.24) is 0 Å². The van der Waals surface area contributed by atoms with Crippen LogP contribution >= 0.6 is 0 Å². The fourth-order valence-electron chi connectivity index (χ4n) is 6.15. The highest BCUT2D eigenvalue weighted by atomic mass is 16.6. The molecular formula is C43H37B3N2O9. The quantitative estimate of drug-likeness (QED) is 0.0903. The van der Waals surface area contributed by atoms with Crippen molar-refractivity contribution in [3.63, 3.8) is 0 Å². The molecule has 6 aromatic carbocycles. The Morgan fingerprint density at radius 2 is 0.895 bits per heavy atom. The van der Waals surface area contributed by atoms with Gasteiger partial charge in [0.2, 0.25) is 0 Å². The summed E-state index contributed by atoms with van der Waals surface area (Å²) >= 11 is 0. The van der Waals surface area contributed by atoms with Crippen LogP contribution in [0.25, 0.3) is 0 Å². The van der Waals surface area contributed by atoms with Gasteiger partial charge in [-0.05, 0) is 130 Å². The summed E-state index contributed by atoms with van der Waals surface area (Å²) in [6.45, 7) is 0.618. The van der Waals surface area contributed by atoms with Crippen molar-refractivity contribution in [3.05, 3.63) is 172 Å². The summed E-state index contributed by atoms with van der Waals surface area (Å²) in [7, 11) is -4.90. The summed E-state index contributed by atoms with van der Waals surface area (Å²) in [5.74, 6) is 1.61. The number of nitrogens with zero attached hydrogens (tertiary/aromatic N) is 2. The molecule has 0 aromatic heterocycles. The van der Waals surface area contributed by atoms with Crippen LogP contribution in [0.4, 0.5) is 0 Å². The van der Waals surface area contributed by atoms with E-state index in [1.807, 2.05) is 43.3 Å². The zero-order valence-corrected chi connectivity index (χ0v) is 30.9. The SMILES string of the molecule is Cc1ccc(Cc2ccc(B(O)OB(OB(O)c3ccc(Oc4ccc(C#N)cc4)cc3CO)c3ccc(Oc4ccc(C#N)cc4)cc3CO)c(CO)c2)cc1. The van der Waals surface area contributed by atoms with E-state index in [-0.39, 0.29) is 27.5 Å². The Morgan fingerprint density at radius 1 is 0.491 bits per heavy atom. The third kappa shape index (κ3) is 10.4. The fraction of sp³-hybridized carbons (Fsp3) is 0.116. The van der Waals surface area contributed by atoms with Gasteiger partial charge < -0.3 is 44.0 Å². The molecule has 5 N–H and O–H groups in total. The number of aryl methyl sites for hydroxylation is 1. The number of rotatable bonds is 16. The lowest BCUT2D eigenvalue weighted by atomic mass is 9.65. The Morgan fingerprint density at radius 3 is 1.37 bits per heavy atom. The van der Waals surface area contributed by atoms with E-state index >= 15 is 0 Å². The van der Waals surface area contributed by atoms with Crippen LogP contribution in [0.5, 0.6) is 23.0 Å². The molecule has 0 aliphatic carbocycles. The molecule has 0 fully saturated rings. The molecule has 282 valence electrons. The molecule has 57 heavy (non-hydrogen) atoms.